The van der Waals surface area contributed by atoms with E-state index in [0.29, 0.717) is 29.1 Å². The maximum Gasteiger partial charge on any atom is 0.242 e. The number of halogens is 2. The van der Waals surface area contributed by atoms with Gasteiger partial charge in [0.15, 0.2) is 0 Å². The minimum Gasteiger partial charge on any atom is -0.391 e. The van der Waals surface area contributed by atoms with E-state index in [1.54, 1.807) is 17.1 Å². The number of benzene rings is 3. The summed E-state index contributed by atoms with van der Waals surface area (Å²) in [6, 6.07) is 23.9. The van der Waals surface area contributed by atoms with Gasteiger partial charge in [-0.25, -0.2) is 10.0 Å². The average Bonchev–Trinajstić information content (AvgIpc) is 3.31. The molecule has 0 radical (unpaired) electrons. The van der Waals surface area contributed by atoms with Crippen molar-refractivity contribution in [2.75, 3.05) is 6.54 Å². The smallest absolute Gasteiger partial charge is 0.242 e. The highest BCUT2D eigenvalue weighted by Gasteiger charge is 2.33. The lowest BCUT2D eigenvalue weighted by molar-refractivity contribution is -0.121. The van der Waals surface area contributed by atoms with Crippen LogP contribution in [-0.2, 0) is 11.3 Å². The summed E-state index contributed by atoms with van der Waals surface area (Å²) in [6.45, 7) is 2.28. The molecule has 1 aliphatic heterocycles. The van der Waals surface area contributed by atoms with Gasteiger partial charge in [-0.2, -0.15) is 5.10 Å². The zero-order valence-electron chi connectivity index (χ0n) is 19.7. The molecule has 3 aromatic carbocycles. The lowest BCUT2D eigenvalue weighted by Crippen LogP contribution is -2.54. The van der Waals surface area contributed by atoms with Gasteiger partial charge in [-0.05, 0) is 47.9 Å². The van der Waals surface area contributed by atoms with Gasteiger partial charge < -0.3 is 16.2 Å². The number of aliphatic hydroxyl groups excluding tert-OH is 1. The zero-order valence-corrected chi connectivity index (χ0v) is 21.2. The number of aliphatic imine (C=N–C) groups is 1. The number of aliphatic hydroxyl groups is 1. The highest BCUT2D eigenvalue weighted by atomic mass is 35.5. The highest BCUT2D eigenvalue weighted by molar-refractivity contribution is 6.31. The number of nitrogens with one attached hydrogen (secondary N) is 1. The number of hydrazone groups is 1. The fourth-order valence-electron chi connectivity index (χ4n) is 3.99. The van der Waals surface area contributed by atoms with Crippen molar-refractivity contribution in [2.24, 2.45) is 15.8 Å². The molecule has 7 nitrogen and oxygen atoms in total. The molecule has 1 heterocycles. The SMILES string of the molecule is C[C@@H](O)[C@H](N/C(=N\Cc1ccc(Cl)cc1)N1C[C@@H](c2ccccc2)C(c2ccc(Cl)cc2)=N1)C(N)=O. The molecule has 9 heteroatoms. The van der Waals surface area contributed by atoms with E-state index in [4.69, 9.17) is 39.0 Å². The van der Waals surface area contributed by atoms with Gasteiger partial charge in [0.2, 0.25) is 11.9 Å². The lowest BCUT2D eigenvalue weighted by atomic mass is 9.91. The predicted molar refractivity (Wildman–Crippen MR) is 144 cm³/mol. The molecule has 0 aliphatic carbocycles. The largest absolute Gasteiger partial charge is 0.391 e. The lowest BCUT2D eigenvalue weighted by Gasteiger charge is -2.25. The van der Waals surface area contributed by atoms with Crippen LogP contribution in [0.15, 0.2) is 89.0 Å². The molecule has 0 saturated carbocycles. The van der Waals surface area contributed by atoms with E-state index in [0.717, 1.165) is 22.4 Å². The number of nitrogens with zero attached hydrogens (tertiary/aromatic N) is 3. The summed E-state index contributed by atoms with van der Waals surface area (Å²) in [5.74, 6) is -0.419. The van der Waals surface area contributed by atoms with Crippen LogP contribution in [0.4, 0.5) is 0 Å². The molecule has 1 aliphatic rings. The molecule has 0 aromatic heterocycles. The number of rotatable bonds is 7. The standard InChI is InChI=1S/C27H27Cl2N5O2/c1-17(35)24(26(30)36)32-27(31-15-18-7-11-21(28)12-8-18)34-16-23(19-5-3-2-4-6-19)25(33-34)20-9-13-22(29)14-10-20/h2-14,17,23-24,35H,15-16H2,1H3,(H2,30,36)(H,31,32)/t17-,23+,24+/m1/s1. The summed E-state index contributed by atoms with van der Waals surface area (Å²) in [5.41, 5.74) is 9.34. The van der Waals surface area contributed by atoms with Crippen LogP contribution in [0.3, 0.4) is 0 Å². The van der Waals surface area contributed by atoms with Gasteiger partial charge in [0, 0.05) is 16.0 Å². The number of hydrogen-bond donors (Lipinski definition) is 3. The Balaban J connectivity index is 1.72. The summed E-state index contributed by atoms with van der Waals surface area (Å²) in [4.78, 5) is 16.8. The van der Waals surface area contributed by atoms with Crippen molar-refractivity contribution < 1.29 is 9.90 Å². The summed E-state index contributed by atoms with van der Waals surface area (Å²) in [6.07, 6.45) is -1.03. The maximum atomic E-state index is 12.1. The van der Waals surface area contributed by atoms with Crippen molar-refractivity contribution in [1.82, 2.24) is 10.3 Å². The monoisotopic (exact) mass is 523 g/mol. The fraction of sp³-hybridized carbons (Fsp3) is 0.222. The number of guanidine groups is 1. The Hall–Kier alpha value is -3.39. The zero-order chi connectivity index (χ0) is 25.7. The van der Waals surface area contributed by atoms with Gasteiger partial charge in [-0.1, -0.05) is 77.8 Å². The Kier molecular flexibility index (Phi) is 8.25. The molecule has 0 saturated heterocycles. The van der Waals surface area contributed by atoms with Gasteiger partial charge in [0.1, 0.15) is 6.04 Å². The molecule has 36 heavy (non-hydrogen) atoms. The molecule has 3 atom stereocenters. The van der Waals surface area contributed by atoms with Crippen molar-refractivity contribution in [3.63, 3.8) is 0 Å². The molecule has 0 unspecified atom stereocenters. The first kappa shape index (κ1) is 25.7. The number of primary amides is 1. The number of carbonyl (C=O) groups excluding carboxylic acids is 1. The van der Waals surface area contributed by atoms with E-state index in [-0.39, 0.29) is 5.92 Å². The minimum absolute atomic E-state index is 0.0616. The Bertz CT molecular complexity index is 1250. The van der Waals surface area contributed by atoms with E-state index >= 15 is 0 Å². The first-order valence-corrected chi connectivity index (χ1v) is 12.3. The molecule has 4 N–H and O–H groups in total. The quantitative estimate of drug-likeness (QED) is 0.319. The third-order valence-electron chi connectivity index (χ3n) is 5.90. The van der Waals surface area contributed by atoms with Gasteiger partial charge in [0.25, 0.3) is 0 Å². The van der Waals surface area contributed by atoms with E-state index < -0.39 is 18.1 Å². The van der Waals surface area contributed by atoms with Crippen molar-refractivity contribution >= 4 is 40.8 Å². The molecule has 1 amide bonds. The van der Waals surface area contributed by atoms with Crippen molar-refractivity contribution in [2.45, 2.75) is 31.5 Å². The van der Waals surface area contributed by atoms with Gasteiger partial charge >= 0.3 is 0 Å². The Labute approximate surface area is 220 Å². The molecule has 0 bridgehead atoms. The molecule has 186 valence electrons. The number of carbonyl (C=O) groups is 1. The molecule has 3 aromatic rings. The highest BCUT2D eigenvalue weighted by Crippen LogP contribution is 2.29. The first-order valence-electron chi connectivity index (χ1n) is 11.5. The van der Waals surface area contributed by atoms with Crippen molar-refractivity contribution in [1.29, 1.82) is 0 Å². The predicted octanol–water partition coefficient (Wildman–Crippen LogP) is 4.18. The third kappa shape index (κ3) is 6.23. The van der Waals surface area contributed by atoms with Crippen LogP contribution in [0.25, 0.3) is 0 Å². The second kappa shape index (κ2) is 11.6. The molecule has 0 fully saturated rings. The molecule has 4 rings (SSSR count). The molecular weight excluding hydrogens is 497 g/mol. The summed E-state index contributed by atoms with van der Waals surface area (Å²) >= 11 is 12.1. The Morgan fingerprint density at radius 3 is 2.28 bits per heavy atom. The van der Waals surface area contributed by atoms with Crippen LogP contribution >= 0.6 is 23.2 Å². The fourth-order valence-corrected chi connectivity index (χ4v) is 4.24. The van der Waals surface area contributed by atoms with Crippen LogP contribution in [-0.4, -0.2) is 46.4 Å². The summed E-state index contributed by atoms with van der Waals surface area (Å²) in [7, 11) is 0. The first-order chi connectivity index (χ1) is 17.3. The Morgan fingerprint density at radius 2 is 1.69 bits per heavy atom. The van der Waals surface area contributed by atoms with Gasteiger partial charge in [-0.3, -0.25) is 4.79 Å². The van der Waals surface area contributed by atoms with Crippen LogP contribution in [0.2, 0.25) is 10.0 Å². The minimum atomic E-state index is -1.04. The topological polar surface area (TPSA) is 103 Å². The van der Waals surface area contributed by atoms with Crippen molar-refractivity contribution in [3.8, 4) is 0 Å². The van der Waals surface area contributed by atoms with Crippen LogP contribution in [0.5, 0.6) is 0 Å². The van der Waals surface area contributed by atoms with E-state index in [2.05, 4.69) is 17.4 Å². The van der Waals surface area contributed by atoms with Crippen LogP contribution in [0.1, 0.15) is 29.5 Å². The second-order valence-electron chi connectivity index (χ2n) is 8.57. The number of amides is 1. The third-order valence-corrected chi connectivity index (χ3v) is 6.40. The maximum absolute atomic E-state index is 12.1. The second-order valence-corrected chi connectivity index (χ2v) is 9.44. The van der Waals surface area contributed by atoms with Gasteiger partial charge in [-0.15, -0.1) is 0 Å². The Morgan fingerprint density at radius 1 is 1.08 bits per heavy atom. The van der Waals surface area contributed by atoms with Gasteiger partial charge in [0.05, 0.1) is 24.9 Å². The van der Waals surface area contributed by atoms with E-state index in [1.165, 1.54) is 6.92 Å². The van der Waals surface area contributed by atoms with Crippen LogP contribution < -0.4 is 11.1 Å². The summed E-state index contributed by atoms with van der Waals surface area (Å²) in [5, 5.41) is 21.1. The average molecular weight is 524 g/mol. The molecular formula is C27H27Cl2N5O2. The van der Waals surface area contributed by atoms with E-state index in [1.807, 2.05) is 54.6 Å². The molecule has 0 spiro atoms. The van der Waals surface area contributed by atoms with E-state index in [9.17, 15) is 9.90 Å². The van der Waals surface area contributed by atoms with Crippen molar-refractivity contribution in [3.05, 3.63) is 106 Å². The number of hydrogen-bond acceptors (Lipinski definition) is 4. The normalized spacial score (nSPS) is 17.4. The van der Waals surface area contributed by atoms with Crippen LogP contribution in [0, 0.1) is 0 Å². The number of nitrogens with two attached hydrogens (primary N) is 1. The summed E-state index contributed by atoms with van der Waals surface area (Å²) < 4.78 is 0.